The number of aliphatic hydroxyl groups is 1. The van der Waals surface area contributed by atoms with Gasteiger partial charge in [0, 0.05) is 13.2 Å². The summed E-state index contributed by atoms with van der Waals surface area (Å²) in [4.78, 5) is 0.118. The van der Waals surface area contributed by atoms with Gasteiger partial charge in [0.2, 0.25) is 10.0 Å². The van der Waals surface area contributed by atoms with Crippen LogP contribution in [-0.2, 0) is 10.0 Å². The van der Waals surface area contributed by atoms with Crippen LogP contribution in [0.2, 0.25) is 5.02 Å². The molecule has 1 atom stereocenters. The van der Waals surface area contributed by atoms with Gasteiger partial charge in [-0.25, -0.2) is 13.1 Å². The van der Waals surface area contributed by atoms with Crippen LogP contribution in [0, 0.1) is 12.8 Å². The number of benzene rings is 1. The maximum atomic E-state index is 12.1. The molecule has 7 heteroatoms. The van der Waals surface area contributed by atoms with E-state index in [-0.39, 0.29) is 23.1 Å². The average Bonchev–Trinajstić information content (AvgIpc) is 2.40. The average molecular weight is 321 g/mol. The van der Waals surface area contributed by atoms with Crippen LogP contribution in [0.4, 0.5) is 5.69 Å². The lowest BCUT2D eigenvalue weighted by Crippen LogP contribution is -2.25. The summed E-state index contributed by atoms with van der Waals surface area (Å²) in [5.41, 5.74) is 6.56. The summed E-state index contributed by atoms with van der Waals surface area (Å²) in [6, 6.07) is 2.85. The second-order valence-corrected chi connectivity index (χ2v) is 7.12. The molecule has 4 N–H and O–H groups in total. The second kappa shape index (κ2) is 7.26. The smallest absolute Gasteiger partial charge is 0.240 e. The molecule has 0 heterocycles. The molecule has 0 radical (unpaired) electrons. The fourth-order valence-corrected chi connectivity index (χ4v) is 3.05. The van der Waals surface area contributed by atoms with Crippen LogP contribution in [0.25, 0.3) is 0 Å². The molecule has 5 nitrogen and oxygen atoms in total. The minimum Gasteiger partial charge on any atom is -0.397 e. The zero-order chi connectivity index (χ0) is 15.3. The number of anilines is 1. The summed E-state index contributed by atoms with van der Waals surface area (Å²) in [6.07, 6.45) is 1.43. The lowest BCUT2D eigenvalue weighted by molar-refractivity contribution is 0.228. The van der Waals surface area contributed by atoms with Gasteiger partial charge in [-0.2, -0.15) is 0 Å². The first kappa shape index (κ1) is 17.2. The number of nitrogen functional groups attached to an aromatic ring is 1. The summed E-state index contributed by atoms with van der Waals surface area (Å²) >= 11 is 5.91. The minimum absolute atomic E-state index is 0.111. The van der Waals surface area contributed by atoms with E-state index in [1.54, 1.807) is 6.92 Å². The van der Waals surface area contributed by atoms with E-state index < -0.39 is 10.0 Å². The highest BCUT2D eigenvalue weighted by Gasteiger charge is 2.16. The van der Waals surface area contributed by atoms with Crippen LogP contribution < -0.4 is 10.5 Å². The van der Waals surface area contributed by atoms with E-state index in [1.807, 2.05) is 6.92 Å². The molecular formula is C13H21ClN2O3S. The monoisotopic (exact) mass is 320 g/mol. The van der Waals surface area contributed by atoms with E-state index in [4.69, 9.17) is 22.4 Å². The maximum Gasteiger partial charge on any atom is 0.240 e. The first-order valence-corrected chi connectivity index (χ1v) is 8.30. The molecule has 0 aliphatic heterocycles. The summed E-state index contributed by atoms with van der Waals surface area (Å²) < 4.78 is 26.7. The van der Waals surface area contributed by atoms with Gasteiger partial charge in [-0.15, -0.1) is 0 Å². The zero-order valence-corrected chi connectivity index (χ0v) is 13.3. The topological polar surface area (TPSA) is 92.4 Å². The van der Waals surface area contributed by atoms with Crippen LogP contribution in [0.5, 0.6) is 0 Å². The number of aryl methyl sites for hydroxylation is 1. The SMILES string of the molecule is Cc1cc(S(=O)(=O)NCCCC(C)CO)cc(N)c1Cl. The third-order valence-corrected chi connectivity index (χ3v) is 5.00. The number of nitrogens with one attached hydrogen (secondary N) is 1. The van der Waals surface area contributed by atoms with E-state index in [0.717, 1.165) is 6.42 Å². The number of aliphatic hydroxyl groups excluding tert-OH is 1. The molecule has 0 aliphatic rings. The quantitative estimate of drug-likeness (QED) is 0.528. The van der Waals surface area contributed by atoms with Crippen LogP contribution >= 0.6 is 11.6 Å². The molecule has 0 saturated heterocycles. The number of sulfonamides is 1. The Bertz CT molecular complexity index is 538. The third-order valence-electron chi connectivity index (χ3n) is 3.04. The first-order chi connectivity index (χ1) is 9.27. The Hall–Kier alpha value is -0.820. The normalized spacial score (nSPS) is 13.4. The van der Waals surface area contributed by atoms with E-state index in [0.29, 0.717) is 23.6 Å². The molecule has 0 amide bonds. The van der Waals surface area contributed by atoms with Gasteiger partial charge < -0.3 is 10.8 Å². The van der Waals surface area contributed by atoms with Crippen molar-refractivity contribution in [2.75, 3.05) is 18.9 Å². The van der Waals surface area contributed by atoms with Crippen LogP contribution in [-0.4, -0.2) is 26.7 Å². The van der Waals surface area contributed by atoms with E-state index >= 15 is 0 Å². The van der Waals surface area contributed by atoms with E-state index in [2.05, 4.69) is 4.72 Å². The molecule has 0 aliphatic carbocycles. The van der Waals surface area contributed by atoms with Crippen LogP contribution in [0.3, 0.4) is 0 Å². The molecule has 114 valence electrons. The van der Waals surface area contributed by atoms with Crippen molar-refractivity contribution < 1.29 is 13.5 Å². The van der Waals surface area contributed by atoms with Gasteiger partial charge in [-0.05, 0) is 43.4 Å². The van der Waals surface area contributed by atoms with Gasteiger partial charge in [0.05, 0.1) is 15.6 Å². The Labute approximate surface area is 125 Å². The number of hydrogen-bond donors (Lipinski definition) is 3. The van der Waals surface area contributed by atoms with Crippen molar-refractivity contribution in [1.29, 1.82) is 0 Å². The summed E-state index contributed by atoms with van der Waals surface area (Å²) in [5, 5.41) is 9.27. The largest absolute Gasteiger partial charge is 0.397 e. The van der Waals surface area contributed by atoms with E-state index in [9.17, 15) is 8.42 Å². The van der Waals surface area contributed by atoms with Crippen molar-refractivity contribution in [2.45, 2.75) is 31.6 Å². The Morgan fingerprint density at radius 2 is 2.10 bits per heavy atom. The van der Waals surface area contributed by atoms with Crippen molar-refractivity contribution in [3.63, 3.8) is 0 Å². The van der Waals surface area contributed by atoms with Crippen LogP contribution in [0.1, 0.15) is 25.3 Å². The molecule has 1 unspecified atom stereocenters. The Morgan fingerprint density at radius 1 is 1.45 bits per heavy atom. The fraction of sp³-hybridized carbons (Fsp3) is 0.538. The van der Waals surface area contributed by atoms with Crippen molar-refractivity contribution in [3.05, 3.63) is 22.7 Å². The van der Waals surface area contributed by atoms with Gasteiger partial charge >= 0.3 is 0 Å². The van der Waals surface area contributed by atoms with Gasteiger partial charge in [-0.3, -0.25) is 0 Å². The molecule has 0 aromatic heterocycles. The van der Waals surface area contributed by atoms with Gasteiger partial charge in [0.25, 0.3) is 0 Å². The minimum atomic E-state index is -3.58. The summed E-state index contributed by atoms with van der Waals surface area (Å²) in [6.45, 7) is 4.06. The van der Waals surface area contributed by atoms with Crippen molar-refractivity contribution in [2.24, 2.45) is 5.92 Å². The predicted molar refractivity (Wildman–Crippen MR) is 81.3 cm³/mol. The fourth-order valence-electron chi connectivity index (χ4n) is 1.75. The lowest BCUT2D eigenvalue weighted by atomic mass is 10.1. The van der Waals surface area contributed by atoms with Crippen molar-refractivity contribution in [1.82, 2.24) is 4.72 Å². The second-order valence-electron chi connectivity index (χ2n) is 4.97. The van der Waals surface area contributed by atoms with Crippen LogP contribution in [0.15, 0.2) is 17.0 Å². The van der Waals surface area contributed by atoms with Gasteiger partial charge in [0.1, 0.15) is 0 Å². The Morgan fingerprint density at radius 3 is 2.65 bits per heavy atom. The molecule has 1 aromatic carbocycles. The molecule has 0 bridgehead atoms. The van der Waals surface area contributed by atoms with Crippen molar-refractivity contribution in [3.8, 4) is 0 Å². The molecule has 1 rings (SSSR count). The number of nitrogens with two attached hydrogens (primary N) is 1. The highest BCUT2D eigenvalue weighted by molar-refractivity contribution is 7.89. The predicted octanol–water partition coefficient (Wildman–Crippen LogP) is 1.92. The molecule has 0 saturated carbocycles. The Balaban J connectivity index is 2.70. The Kier molecular flexibility index (Phi) is 6.26. The van der Waals surface area contributed by atoms with Gasteiger partial charge in [0.15, 0.2) is 0 Å². The molecule has 0 fully saturated rings. The number of rotatable bonds is 7. The van der Waals surface area contributed by atoms with Crippen molar-refractivity contribution >= 4 is 27.3 Å². The third kappa shape index (κ3) is 4.63. The number of hydrogen-bond acceptors (Lipinski definition) is 4. The lowest BCUT2D eigenvalue weighted by Gasteiger charge is -2.11. The molecular weight excluding hydrogens is 300 g/mol. The van der Waals surface area contributed by atoms with E-state index in [1.165, 1.54) is 12.1 Å². The van der Waals surface area contributed by atoms with Gasteiger partial charge in [-0.1, -0.05) is 18.5 Å². The highest BCUT2D eigenvalue weighted by Crippen LogP contribution is 2.26. The first-order valence-electron chi connectivity index (χ1n) is 6.44. The highest BCUT2D eigenvalue weighted by atomic mass is 35.5. The summed E-state index contributed by atoms with van der Waals surface area (Å²) in [7, 11) is -3.58. The molecule has 1 aromatic rings. The summed E-state index contributed by atoms with van der Waals surface area (Å²) in [5.74, 6) is 0.174. The zero-order valence-electron chi connectivity index (χ0n) is 11.7. The number of halogens is 1. The maximum absolute atomic E-state index is 12.1. The standard InChI is InChI=1S/C13H21ClN2O3S/c1-9(8-17)4-3-5-16-20(18,19)11-6-10(2)13(14)12(15)7-11/h6-7,9,16-17H,3-5,8,15H2,1-2H3. The molecule has 0 spiro atoms. The molecule has 20 heavy (non-hydrogen) atoms.